The molecule has 1 atom stereocenters. The number of thiophene rings is 1. The molecule has 8 nitrogen and oxygen atoms in total. The first-order chi connectivity index (χ1) is 15.2. The Bertz CT molecular complexity index is 820. The maximum Gasteiger partial charge on any atom is 0.251 e. The molecule has 0 radical (unpaired) electrons. The van der Waals surface area contributed by atoms with E-state index in [1.54, 1.807) is 49.8 Å². The first kappa shape index (κ1) is 23.1. The average molecular weight is 446 g/mol. The summed E-state index contributed by atoms with van der Waals surface area (Å²) in [5.74, 6) is 1.33. The number of ether oxygens (including phenoxy) is 2. The topological polar surface area (TPSA) is 87.2 Å². The van der Waals surface area contributed by atoms with Crippen molar-refractivity contribution >= 4 is 23.2 Å². The van der Waals surface area contributed by atoms with E-state index in [0.29, 0.717) is 24.6 Å². The zero-order chi connectivity index (χ0) is 21.9. The number of methoxy groups -OCH3 is 1. The zero-order valence-corrected chi connectivity index (χ0v) is 18.9. The van der Waals surface area contributed by atoms with Crippen molar-refractivity contribution in [3.63, 3.8) is 0 Å². The molecule has 0 aliphatic carbocycles. The third-order valence-corrected chi connectivity index (χ3v) is 6.07. The lowest BCUT2D eigenvalue weighted by Crippen LogP contribution is -2.47. The largest absolute Gasteiger partial charge is 0.497 e. The van der Waals surface area contributed by atoms with Crippen molar-refractivity contribution in [2.75, 3.05) is 60.1 Å². The molecule has 1 fully saturated rings. The summed E-state index contributed by atoms with van der Waals surface area (Å²) < 4.78 is 10.6. The second-order valence-corrected chi connectivity index (χ2v) is 8.02. The fourth-order valence-corrected chi connectivity index (χ4v) is 4.26. The van der Waals surface area contributed by atoms with Crippen LogP contribution in [0, 0.1) is 0 Å². The van der Waals surface area contributed by atoms with Gasteiger partial charge in [-0.25, -0.2) is 0 Å². The number of rotatable bonds is 9. The molecule has 0 bridgehead atoms. The predicted octanol–water partition coefficient (Wildman–Crippen LogP) is 1.72. The van der Waals surface area contributed by atoms with Gasteiger partial charge in [-0.15, -0.1) is 11.3 Å². The standard InChI is InChI=1S/C22H31N5O3S/c1-23-22(25-10-9-24-21(28)17-5-7-18(29-2)8-6-17)26-16-19(20-4-3-15-31-20)27-11-13-30-14-12-27/h3-8,15,19H,9-14,16H2,1-2H3,(H,24,28)(H2,23,25,26). The summed E-state index contributed by atoms with van der Waals surface area (Å²) in [7, 11) is 3.35. The van der Waals surface area contributed by atoms with E-state index >= 15 is 0 Å². The molecule has 1 aromatic carbocycles. The number of amides is 1. The Morgan fingerprint density at radius 1 is 1.16 bits per heavy atom. The summed E-state index contributed by atoms with van der Waals surface area (Å²) in [4.78, 5) is 20.3. The molecular formula is C22H31N5O3S. The molecule has 9 heteroatoms. The SMILES string of the molecule is CN=C(NCCNC(=O)c1ccc(OC)cc1)NCC(c1cccs1)N1CCOCC1. The number of nitrogens with zero attached hydrogens (tertiary/aromatic N) is 2. The van der Waals surface area contributed by atoms with E-state index in [2.05, 4.69) is 43.4 Å². The van der Waals surface area contributed by atoms with E-state index in [1.165, 1.54) is 4.88 Å². The minimum Gasteiger partial charge on any atom is -0.497 e. The number of benzene rings is 1. The van der Waals surface area contributed by atoms with Crippen LogP contribution in [-0.4, -0.2) is 76.9 Å². The molecule has 2 aromatic rings. The van der Waals surface area contributed by atoms with Gasteiger partial charge in [0.05, 0.1) is 26.4 Å². The van der Waals surface area contributed by atoms with Gasteiger partial charge in [-0.3, -0.25) is 14.7 Å². The summed E-state index contributed by atoms with van der Waals surface area (Å²) >= 11 is 1.77. The summed E-state index contributed by atoms with van der Waals surface area (Å²) in [6.45, 7) is 5.19. The number of guanidine groups is 1. The third kappa shape index (κ3) is 6.95. The van der Waals surface area contributed by atoms with E-state index in [1.807, 2.05) is 0 Å². The van der Waals surface area contributed by atoms with Crippen LogP contribution in [0.25, 0.3) is 0 Å². The number of hydrogen-bond acceptors (Lipinski definition) is 6. The highest BCUT2D eigenvalue weighted by molar-refractivity contribution is 7.10. The molecule has 31 heavy (non-hydrogen) atoms. The fraction of sp³-hybridized carbons (Fsp3) is 0.455. The Hall–Kier alpha value is -2.62. The molecule has 1 unspecified atom stereocenters. The molecule has 1 aliphatic heterocycles. The number of nitrogens with one attached hydrogen (secondary N) is 3. The van der Waals surface area contributed by atoms with Gasteiger partial charge in [0.15, 0.2) is 5.96 Å². The van der Waals surface area contributed by atoms with E-state index < -0.39 is 0 Å². The summed E-state index contributed by atoms with van der Waals surface area (Å²) in [5, 5.41) is 11.7. The van der Waals surface area contributed by atoms with Gasteiger partial charge in [0.2, 0.25) is 0 Å². The highest BCUT2D eigenvalue weighted by Crippen LogP contribution is 2.25. The molecule has 0 spiro atoms. The second-order valence-electron chi connectivity index (χ2n) is 7.04. The van der Waals surface area contributed by atoms with Crippen LogP contribution < -0.4 is 20.7 Å². The Morgan fingerprint density at radius 3 is 2.55 bits per heavy atom. The van der Waals surface area contributed by atoms with Crippen LogP contribution in [0.4, 0.5) is 0 Å². The molecule has 2 heterocycles. The van der Waals surface area contributed by atoms with Crippen molar-refractivity contribution < 1.29 is 14.3 Å². The highest BCUT2D eigenvalue weighted by atomic mass is 32.1. The number of morpholine rings is 1. The molecule has 0 saturated carbocycles. The van der Waals surface area contributed by atoms with Gasteiger partial charge in [-0.05, 0) is 35.7 Å². The van der Waals surface area contributed by atoms with Crippen LogP contribution in [0.15, 0.2) is 46.8 Å². The lowest BCUT2D eigenvalue weighted by atomic mass is 10.2. The van der Waals surface area contributed by atoms with Gasteiger partial charge in [0.1, 0.15) is 5.75 Å². The normalized spacial score (nSPS) is 15.9. The number of carbonyl (C=O) groups is 1. The monoisotopic (exact) mass is 445 g/mol. The predicted molar refractivity (Wildman–Crippen MR) is 124 cm³/mol. The van der Waals surface area contributed by atoms with E-state index in [-0.39, 0.29) is 11.9 Å². The zero-order valence-electron chi connectivity index (χ0n) is 18.1. The van der Waals surface area contributed by atoms with E-state index in [4.69, 9.17) is 9.47 Å². The van der Waals surface area contributed by atoms with Gasteiger partial charge < -0.3 is 25.4 Å². The lowest BCUT2D eigenvalue weighted by Gasteiger charge is -2.34. The molecule has 1 aliphatic rings. The maximum atomic E-state index is 12.2. The Labute approximate surface area is 187 Å². The molecule has 3 N–H and O–H groups in total. The quantitative estimate of drug-likeness (QED) is 0.310. The average Bonchev–Trinajstić information content (AvgIpc) is 3.35. The van der Waals surface area contributed by atoms with Crippen LogP contribution in [0.5, 0.6) is 5.75 Å². The van der Waals surface area contributed by atoms with E-state index in [0.717, 1.165) is 38.6 Å². The smallest absolute Gasteiger partial charge is 0.251 e. The highest BCUT2D eigenvalue weighted by Gasteiger charge is 2.23. The summed E-state index contributed by atoms with van der Waals surface area (Å²) in [6.07, 6.45) is 0. The van der Waals surface area contributed by atoms with Crippen LogP contribution in [0.3, 0.4) is 0 Å². The third-order valence-electron chi connectivity index (χ3n) is 5.10. The first-order valence-corrected chi connectivity index (χ1v) is 11.3. The number of aliphatic imine (C=N–C) groups is 1. The minimum absolute atomic E-state index is 0.113. The van der Waals surface area contributed by atoms with Crippen molar-refractivity contribution in [3.05, 3.63) is 52.2 Å². The number of carbonyl (C=O) groups excluding carboxylic acids is 1. The summed E-state index contributed by atoms with van der Waals surface area (Å²) in [5.41, 5.74) is 0.604. The van der Waals surface area contributed by atoms with Crippen molar-refractivity contribution in [2.45, 2.75) is 6.04 Å². The van der Waals surface area contributed by atoms with E-state index in [9.17, 15) is 4.79 Å². The Balaban J connectivity index is 1.43. The van der Waals surface area contributed by atoms with Crippen molar-refractivity contribution in [2.24, 2.45) is 4.99 Å². The van der Waals surface area contributed by atoms with Crippen LogP contribution >= 0.6 is 11.3 Å². The van der Waals surface area contributed by atoms with Gasteiger partial charge in [-0.1, -0.05) is 6.07 Å². The van der Waals surface area contributed by atoms with Crippen molar-refractivity contribution in [1.82, 2.24) is 20.9 Å². The maximum absolute atomic E-state index is 12.2. The van der Waals surface area contributed by atoms with Gasteiger partial charge in [0.25, 0.3) is 5.91 Å². The minimum atomic E-state index is -0.113. The number of hydrogen-bond donors (Lipinski definition) is 3. The van der Waals surface area contributed by atoms with Crippen LogP contribution in [0.2, 0.25) is 0 Å². The van der Waals surface area contributed by atoms with Crippen LogP contribution in [-0.2, 0) is 4.74 Å². The first-order valence-electron chi connectivity index (χ1n) is 10.4. The molecule has 3 rings (SSSR count). The molecule has 168 valence electrons. The second kappa shape index (κ2) is 12.3. The lowest BCUT2D eigenvalue weighted by molar-refractivity contribution is 0.0177. The van der Waals surface area contributed by atoms with Crippen LogP contribution in [0.1, 0.15) is 21.3 Å². The Morgan fingerprint density at radius 2 is 1.90 bits per heavy atom. The molecular weight excluding hydrogens is 414 g/mol. The molecule has 1 amide bonds. The fourth-order valence-electron chi connectivity index (χ4n) is 3.40. The molecule has 1 saturated heterocycles. The van der Waals surface area contributed by atoms with Crippen molar-refractivity contribution in [1.29, 1.82) is 0 Å². The molecule has 1 aromatic heterocycles. The van der Waals surface area contributed by atoms with Crippen molar-refractivity contribution in [3.8, 4) is 5.75 Å². The van der Waals surface area contributed by atoms with Gasteiger partial charge in [0, 0.05) is 50.2 Å². The van der Waals surface area contributed by atoms with Gasteiger partial charge in [-0.2, -0.15) is 0 Å². The van der Waals surface area contributed by atoms with Gasteiger partial charge >= 0.3 is 0 Å². The Kier molecular flexibility index (Phi) is 9.14. The summed E-state index contributed by atoms with van der Waals surface area (Å²) in [6, 6.07) is 11.6.